The van der Waals surface area contributed by atoms with Gasteiger partial charge in [0.05, 0.1) is 6.54 Å². The van der Waals surface area contributed by atoms with Gasteiger partial charge in [0.2, 0.25) is 0 Å². The molecule has 0 radical (unpaired) electrons. The lowest BCUT2D eigenvalue weighted by Gasteiger charge is -2.15. The van der Waals surface area contributed by atoms with Gasteiger partial charge in [-0.05, 0) is 59.9 Å². The van der Waals surface area contributed by atoms with Crippen LogP contribution in [0.15, 0.2) is 64.0 Å². The second-order valence-electron chi connectivity index (χ2n) is 8.99. The molecule has 36 heavy (non-hydrogen) atoms. The zero-order chi connectivity index (χ0) is 24.8. The van der Waals surface area contributed by atoms with Crippen molar-refractivity contribution < 1.29 is 9.26 Å². The number of imidazole rings is 1. The number of rotatable bonds is 4. The maximum Gasteiger partial charge on any atom is 0.439 e. The van der Waals surface area contributed by atoms with E-state index in [1.807, 2.05) is 43.5 Å². The Morgan fingerprint density at radius 3 is 2.81 bits per heavy atom. The van der Waals surface area contributed by atoms with Crippen molar-refractivity contribution in [2.75, 3.05) is 0 Å². The zero-order valence-electron chi connectivity index (χ0n) is 20.3. The largest absolute Gasteiger partial charge is 0.488 e. The van der Waals surface area contributed by atoms with Crippen LogP contribution in [-0.2, 0) is 19.6 Å². The summed E-state index contributed by atoms with van der Waals surface area (Å²) in [6.45, 7) is 7.20. The highest BCUT2D eigenvalue weighted by molar-refractivity contribution is 5.99. The molecule has 0 bridgehead atoms. The Bertz CT molecular complexity index is 1710. The molecule has 8 heteroatoms. The first-order valence-electron chi connectivity index (χ1n) is 12.0. The number of allylic oxidation sites excluding steroid dienone is 1. The maximum absolute atomic E-state index is 11.7. The van der Waals surface area contributed by atoms with Crippen LogP contribution in [0.5, 0.6) is 5.75 Å². The Morgan fingerprint density at radius 2 is 2.00 bits per heavy atom. The number of H-pyrrole nitrogens is 1. The lowest BCUT2D eigenvalue weighted by molar-refractivity contribution is 0.307. The van der Waals surface area contributed by atoms with Gasteiger partial charge in [-0.15, -0.1) is 0 Å². The average Bonchev–Trinajstić information content (AvgIpc) is 3.44. The highest BCUT2D eigenvalue weighted by Crippen LogP contribution is 2.40. The molecule has 0 spiro atoms. The van der Waals surface area contributed by atoms with Crippen LogP contribution in [0.2, 0.25) is 0 Å². The highest BCUT2D eigenvalue weighted by Gasteiger charge is 2.23. The molecule has 0 saturated heterocycles. The first kappa shape index (κ1) is 22.0. The number of nitrogens with one attached hydrogen (secondary N) is 1. The Labute approximate surface area is 207 Å². The summed E-state index contributed by atoms with van der Waals surface area (Å²) in [5.41, 5.74) is 8.89. The molecular formula is C28H25N5O3. The minimum atomic E-state index is -0.582. The lowest BCUT2D eigenvalue weighted by atomic mass is 9.89. The summed E-state index contributed by atoms with van der Waals surface area (Å²) >= 11 is 0. The SMILES string of the molecule is CCc1nc2c(C)ccnc2n1Cc1ccc2c(c1)COc1ccccc1/C2=C(/C)c1noc(=O)[nH]1. The first-order valence-corrected chi connectivity index (χ1v) is 12.0. The number of benzene rings is 2. The summed E-state index contributed by atoms with van der Waals surface area (Å²) in [4.78, 5) is 23.8. The van der Waals surface area contributed by atoms with Gasteiger partial charge in [-0.1, -0.05) is 42.4 Å². The van der Waals surface area contributed by atoms with Crippen molar-refractivity contribution in [3.8, 4) is 5.75 Å². The van der Waals surface area contributed by atoms with Crippen molar-refractivity contribution in [3.05, 3.63) is 105 Å². The molecule has 6 rings (SSSR count). The fourth-order valence-electron chi connectivity index (χ4n) is 4.92. The molecule has 1 N–H and O–H groups in total. The molecule has 3 aromatic heterocycles. The predicted octanol–water partition coefficient (Wildman–Crippen LogP) is 4.90. The maximum atomic E-state index is 11.7. The molecule has 1 aliphatic heterocycles. The third-order valence-electron chi connectivity index (χ3n) is 6.72. The number of para-hydroxylation sites is 1. The minimum Gasteiger partial charge on any atom is -0.488 e. The minimum absolute atomic E-state index is 0.403. The molecule has 0 aliphatic carbocycles. The van der Waals surface area contributed by atoms with Gasteiger partial charge in [0.1, 0.15) is 23.7 Å². The van der Waals surface area contributed by atoms with Gasteiger partial charge in [0.25, 0.3) is 0 Å². The Morgan fingerprint density at radius 1 is 1.14 bits per heavy atom. The van der Waals surface area contributed by atoms with Crippen LogP contribution in [-0.4, -0.2) is 24.7 Å². The summed E-state index contributed by atoms with van der Waals surface area (Å²) in [5.74, 6) is 1.61. The standard InChI is InChI=1S/C28H25N5O3/c1-4-23-30-25-16(2)11-12-29-27(25)33(23)14-18-9-10-20-19(13-18)15-35-22-8-6-5-7-21(22)24(20)17(3)26-31-28(34)36-32-26/h5-13H,4,14-15H2,1-3H3,(H,31,32,34)/b24-17-. The third-order valence-corrected chi connectivity index (χ3v) is 6.72. The summed E-state index contributed by atoms with van der Waals surface area (Å²) in [5, 5.41) is 3.93. The van der Waals surface area contributed by atoms with Crippen LogP contribution in [0.4, 0.5) is 0 Å². The number of pyridine rings is 1. The first-order chi connectivity index (χ1) is 17.5. The molecule has 0 amide bonds. The molecule has 0 atom stereocenters. The topological polar surface area (TPSA) is 98.8 Å². The molecule has 180 valence electrons. The van der Waals surface area contributed by atoms with Gasteiger partial charge < -0.3 is 9.30 Å². The Kier molecular flexibility index (Phi) is 5.29. The molecule has 1 aliphatic rings. The quantitative estimate of drug-likeness (QED) is 0.394. The zero-order valence-corrected chi connectivity index (χ0v) is 20.3. The number of nitrogens with zero attached hydrogens (tertiary/aromatic N) is 4. The highest BCUT2D eigenvalue weighted by atomic mass is 16.5. The van der Waals surface area contributed by atoms with E-state index in [2.05, 4.69) is 51.7 Å². The van der Waals surface area contributed by atoms with Crippen molar-refractivity contribution in [2.45, 2.75) is 40.3 Å². The summed E-state index contributed by atoms with van der Waals surface area (Å²) in [7, 11) is 0. The number of aromatic nitrogens is 5. The van der Waals surface area contributed by atoms with E-state index in [1.54, 1.807) is 0 Å². The predicted molar refractivity (Wildman–Crippen MR) is 137 cm³/mol. The molecule has 0 saturated carbocycles. The van der Waals surface area contributed by atoms with E-state index in [0.29, 0.717) is 19.0 Å². The van der Waals surface area contributed by atoms with Gasteiger partial charge in [-0.2, -0.15) is 0 Å². The van der Waals surface area contributed by atoms with Gasteiger partial charge in [-0.25, -0.2) is 14.8 Å². The van der Waals surface area contributed by atoms with E-state index >= 15 is 0 Å². The van der Waals surface area contributed by atoms with Crippen LogP contribution in [0.25, 0.3) is 22.3 Å². The number of hydrogen-bond donors (Lipinski definition) is 1. The van der Waals surface area contributed by atoms with E-state index < -0.39 is 5.76 Å². The van der Waals surface area contributed by atoms with Crippen LogP contribution < -0.4 is 10.5 Å². The lowest BCUT2D eigenvalue weighted by Crippen LogP contribution is -2.07. The third kappa shape index (κ3) is 3.62. The summed E-state index contributed by atoms with van der Waals surface area (Å²) in [6, 6.07) is 16.3. The number of fused-ring (bicyclic) bond motifs is 3. The molecular weight excluding hydrogens is 454 g/mol. The van der Waals surface area contributed by atoms with Gasteiger partial charge >= 0.3 is 5.76 Å². The second kappa shape index (κ2) is 8.64. The Balaban J connectivity index is 1.49. The van der Waals surface area contributed by atoms with E-state index in [4.69, 9.17) is 14.2 Å². The van der Waals surface area contributed by atoms with Crippen molar-refractivity contribution in [2.24, 2.45) is 0 Å². The molecule has 5 aromatic rings. The second-order valence-corrected chi connectivity index (χ2v) is 8.99. The number of aryl methyl sites for hydroxylation is 2. The van der Waals surface area contributed by atoms with Crippen LogP contribution in [0.3, 0.4) is 0 Å². The summed E-state index contributed by atoms with van der Waals surface area (Å²) < 4.78 is 13.2. The average molecular weight is 480 g/mol. The molecule has 0 fully saturated rings. The van der Waals surface area contributed by atoms with Crippen molar-refractivity contribution in [3.63, 3.8) is 0 Å². The Hall–Kier alpha value is -4.46. The van der Waals surface area contributed by atoms with Crippen molar-refractivity contribution >= 4 is 22.3 Å². The monoisotopic (exact) mass is 479 g/mol. The molecule has 4 heterocycles. The van der Waals surface area contributed by atoms with E-state index in [-0.39, 0.29) is 0 Å². The molecule has 0 unspecified atom stereocenters. The number of hydrogen-bond acceptors (Lipinski definition) is 6. The van der Waals surface area contributed by atoms with Gasteiger partial charge in [0.15, 0.2) is 11.5 Å². The van der Waals surface area contributed by atoms with E-state index in [0.717, 1.165) is 68.1 Å². The number of aromatic amines is 1. The van der Waals surface area contributed by atoms with E-state index in [9.17, 15) is 4.79 Å². The van der Waals surface area contributed by atoms with E-state index in [1.165, 1.54) is 0 Å². The van der Waals surface area contributed by atoms with Gasteiger partial charge in [0, 0.05) is 23.8 Å². The van der Waals surface area contributed by atoms with Crippen LogP contribution >= 0.6 is 0 Å². The summed E-state index contributed by atoms with van der Waals surface area (Å²) in [6.07, 6.45) is 2.66. The fourth-order valence-corrected chi connectivity index (χ4v) is 4.92. The van der Waals surface area contributed by atoms with Gasteiger partial charge in [-0.3, -0.25) is 9.51 Å². The van der Waals surface area contributed by atoms with Crippen molar-refractivity contribution in [1.82, 2.24) is 24.7 Å². The molecule has 8 nitrogen and oxygen atoms in total. The number of ether oxygens (including phenoxy) is 1. The molecule has 2 aromatic carbocycles. The smallest absolute Gasteiger partial charge is 0.439 e. The van der Waals surface area contributed by atoms with Crippen LogP contribution in [0, 0.1) is 6.92 Å². The fraction of sp³-hybridized carbons (Fsp3) is 0.214. The normalized spacial score (nSPS) is 14.2. The van der Waals surface area contributed by atoms with Crippen LogP contribution in [0.1, 0.15) is 53.3 Å². The van der Waals surface area contributed by atoms with Crippen molar-refractivity contribution in [1.29, 1.82) is 0 Å².